The molecule has 1 aliphatic heterocycles. The SMILES string of the molecule is CC(=O)CCCCN1CCN(C(C)C)CC1. The number of piperazine rings is 1. The van der Waals surface area contributed by atoms with E-state index in [2.05, 4.69) is 23.6 Å². The van der Waals surface area contributed by atoms with E-state index in [4.69, 9.17) is 0 Å². The second kappa shape index (κ2) is 7.02. The van der Waals surface area contributed by atoms with Crippen LogP contribution in [-0.2, 0) is 4.79 Å². The summed E-state index contributed by atoms with van der Waals surface area (Å²) in [5, 5.41) is 0. The van der Waals surface area contributed by atoms with Gasteiger partial charge in [0, 0.05) is 38.6 Å². The summed E-state index contributed by atoms with van der Waals surface area (Å²) in [4.78, 5) is 15.9. The molecule has 1 aliphatic rings. The van der Waals surface area contributed by atoms with Gasteiger partial charge in [0.05, 0.1) is 0 Å². The van der Waals surface area contributed by atoms with Crippen LogP contribution in [0.3, 0.4) is 0 Å². The summed E-state index contributed by atoms with van der Waals surface area (Å²) in [5.41, 5.74) is 0. The van der Waals surface area contributed by atoms with Crippen molar-refractivity contribution >= 4 is 5.78 Å². The Hall–Kier alpha value is -0.410. The number of hydrogen-bond donors (Lipinski definition) is 0. The number of hydrogen-bond acceptors (Lipinski definition) is 3. The van der Waals surface area contributed by atoms with E-state index in [0.29, 0.717) is 11.8 Å². The van der Waals surface area contributed by atoms with E-state index in [1.165, 1.54) is 39.1 Å². The average molecular weight is 226 g/mol. The van der Waals surface area contributed by atoms with E-state index in [1.807, 2.05) is 0 Å². The van der Waals surface area contributed by atoms with E-state index in [9.17, 15) is 4.79 Å². The first-order chi connectivity index (χ1) is 7.59. The van der Waals surface area contributed by atoms with Crippen LogP contribution in [0.2, 0.25) is 0 Å². The summed E-state index contributed by atoms with van der Waals surface area (Å²) >= 11 is 0. The van der Waals surface area contributed by atoms with Gasteiger partial charge >= 0.3 is 0 Å². The van der Waals surface area contributed by atoms with Crippen molar-refractivity contribution in [1.82, 2.24) is 9.80 Å². The average Bonchev–Trinajstić information content (AvgIpc) is 2.25. The van der Waals surface area contributed by atoms with Gasteiger partial charge in [-0.05, 0) is 40.2 Å². The Morgan fingerprint density at radius 3 is 2.25 bits per heavy atom. The predicted octanol–water partition coefficient (Wildman–Crippen LogP) is 1.77. The molecule has 0 bridgehead atoms. The van der Waals surface area contributed by atoms with Crippen LogP contribution in [0.25, 0.3) is 0 Å². The molecular formula is C13H26N2O. The van der Waals surface area contributed by atoms with Gasteiger partial charge < -0.3 is 9.69 Å². The monoisotopic (exact) mass is 226 g/mol. The van der Waals surface area contributed by atoms with Crippen LogP contribution >= 0.6 is 0 Å². The van der Waals surface area contributed by atoms with Crippen LogP contribution < -0.4 is 0 Å². The van der Waals surface area contributed by atoms with Gasteiger partial charge in [-0.25, -0.2) is 0 Å². The maximum absolute atomic E-state index is 10.8. The second-order valence-corrected chi connectivity index (χ2v) is 5.13. The number of ketones is 1. The summed E-state index contributed by atoms with van der Waals surface area (Å²) in [6, 6.07) is 0.680. The van der Waals surface area contributed by atoms with Crippen LogP contribution in [0.4, 0.5) is 0 Å². The zero-order valence-electron chi connectivity index (χ0n) is 11.0. The number of carbonyl (C=O) groups excluding carboxylic acids is 1. The molecule has 16 heavy (non-hydrogen) atoms. The summed E-state index contributed by atoms with van der Waals surface area (Å²) in [6.07, 6.45) is 2.98. The van der Waals surface area contributed by atoms with Crippen LogP contribution in [0.1, 0.15) is 40.0 Å². The lowest BCUT2D eigenvalue weighted by atomic mass is 10.1. The minimum atomic E-state index is 0.324. The Balaban J connectivity index is 2.06. The third kappa shape index (κ3) is 5.08. The van der Waals surface area contributed by atoms with Gasteiger partial charge in [-0.2, -0.15) is 0 Å². The first-order valence-corrected chi connectivity index (χ1v) is 6.55. The minimum Gasteiger partial charge on any atom is -0.301 e. The van der Waals surface area contributed by atoms with Crippen molar-refractivity contribution in [3.63, 3.8) is 0 Å². The largest absolute Gasteiger partial charge is 0.301 e. The van der Waals surface area contributed by atoms with Crippen molar-refractivity contribution in [3.8, 4) is 0 Å². The molecule has 0 radical (unpaired) electrons. The van der Waals surface area contributed by atoms with Crippen LogP contribution in [0, 0.1) is 0 Å². The molecule has 0 unspecified atom stereocenters. The Kier molecular flexibility index (Phi) is 5.99. The van der Waals surface area contributed by atoms with Gasteiger partial charge in [-0.15, -0.1) is 0 Å². The van der Waals surface area contributed by atoms with Crippen LogP contribution in [0.15, 0.2) is 0 Å². The molecular weight excluding hydrogens is 200 g/mol. The fourth-order valence-electron chi connectivity index (χ4n) is 2.21. The molecule has 1 rings (SSSR count). The first-order valence-electron chi connectivity index (χ1n) is 6.55. The predicted molar refractivity (Wildman–Crippen MR) is 67.7 cm³/mol. The topological polar surface area (TPSA) is 23.6 Å². The highest BCUT2D eigenvalue weighted by atomic mass is 16.1. The molecule has 94 valence electrons. The number of rotatable bonds is 6. The summed E-state index contributed by atoms with van der Waals surface area (Å²) in [6.45, 7) is 12.2. The number of Topliss-reactive ketones (excluding diaryl/α,β-unsaturated/α-hetero) is 1. The summed E-state index contributed by atoms with van der Waals surface area (Å²) in [5.74, 6) is 0.324. The molecule has 0 aromatic heterocycles. The number of unbranched alkanes of at least 4 members (excludes halogenated alkanes) is 1. The van der Waals surface area contributed by atoms with E-state index < -0.39 is 0 Å². The van der Waals surface area contributed by atoms with E-state index in [1.54, 1.807) is 6.92 Å². The van der Waals surface area contributed by atoms with Crippen molar-refractivity contribution in [1.29, 1.82) is 0 Å². The molecule has 0 amide bonds. The quantitative estimate of drug-likeness (QED) is 0.645. The van der Waals surface area contributed by atoms with E-state index in [0.717, 1.165) is 12.8 Å². The highest BCUT2D eigenvalue weighted by Crippen LogP contribution is 2.07. The Morgan fingerprint density at radius 2 is 1.75 bits per heavy atom. The molecule has 3 heteroatoms. The Bertz CT molecular complexity index is 208. The highest BCUT2D eigenvalue weighted by Gasteiger charge is 2.17. The zero-order valence-corrected chi connectivity index (χ0v) is 11.0. The van der Waals surface area contributed by atoms with Gasteiger partial charge in [0.15, 0.2) is 0 Å². The number of nitrogens with zero attached hydrogens (tertiary/aromatic N) is 2. The normalized spacial score (nSPS) is 19.2. The van der Waals surface area contributed by atoms with Crippen molar-refractivity contribution in [2.24, 2.45) is 0 Å². The summed E-state index contributed by atoms with van der Waals surface area (Å²) < 4.78 is 0. The zero-order chi connectivity index (χ0) is 12.0. The highest BCUT2D eigenvalue weighted by molar-refractivity contribution is 5.75. The molecule has 0 aromatic carbocycles. The lowest BCUT2D eigenvalue weighted by Crippen LogP contribution is -2.48. The number of carbonyl (C=O) groups is 1. The molecule has 0 aliphatic carbocycles. The molecule has 0 N–H and O–H groups in total. The molecule has 0 aromatic rings. The Morgan fingerprint density at radius 1 is 1.12 bits per heavy atom. The maximum atomic E-state index is 10.8. The van der Waals surface area contributed by atoms with Crippen LogP contribution in [-0.4, -0.2) is 54.3 Å². The van der Waals surface area contributed by atoms with E-state index >= 15 is 0 Å². The van der Waals surface area contributed by atoms with E-state index in [-0.39, 0.29) is 0 Å². The molecule has 0 atom stereocenters. The minimum absolute atomic E-state index is 0.324. The van der Waals surface area contributed by atoms with Gasteiger partial charge in [0.1, 0.15) is 5.78 Å². The fraction of sp³-hybridized carbons (Fsp3) is 0.923. The first kappa shape index (κ1) is 13.7. The van der Waals surface area contributed by atoms with Crippen molar-refractivity contribution < 1.29 is 4.79 Å². The maximum Gasteiger partial charge on any atom is 0.129 e. The molecule has 0 saturated carbocycles. The Labute approximate surface area is 99.8 Å². The molecule has 0 spiro atoms. The van der Waals surface area contributed by atoms with Gasteiger partial charge in [-0.1, -0.05) is 0 Å². The third-order valence-electron chi connectivity index (χ3n) is 3.39. The molecule has 1 fully saturated rings. The second-order valence-electron chi connectivity index (χ2n) is 5.13. The molecule has 1 saturated heterocycles. The van der Waals surface area contributed by atoms with Crippen molar-refractivity contribution in [2.45, 2.75) is 46.1 Å². The third-order valence-corrected chi connectivity index (χ3v) is 3.39. The standard InChI is InChI=1S/C13H26N2O/c1-12(2)15-10-8-14(9-11-15)7-5-4-6-13(3)16/h12H,4-11H2,1-3H3. The molecule has 1 heterocycles. The fourth-order valence-corrected chi connectivity index (χ4v) is 2.21. The van der Waals surface area contributed by atoms with Gasteiger partial charge in [0.25, 0.3) is 0 Å². The van der Waals surface area contributed by atoms with Gasteiger partial charge in [0.2, 0.25) is 0 Å². The molecule has 3 nitrogen and oxygen atoms in total. The van der Waals surface area contributed by atoms with Gasteiger partial charge in [-0.3, -0.25) is 4.90 Å². The summed E-state index contributed by atoms with van der Waals surface area (Å²) in [7, 11) is 0. The lowest BCUT2D eigenvalue weighted by molar-refractivity contribution is -0.117. The smallest absolute Gasteiger partial charge is 0.129 e. The lowest BCUT2D eigenvalue weighted by Gasteiger charge is -2.36. The van der Waals surface area contributed by atoms with Crippen molar-refractivity contribution in [3.05, 3.63) is 0 Å². The van der Waals surface area contributed by atoms with Crippen LogP contribution in [0.5, 0.6) is 0 Å². The van der Waals surface area contributed by atoms with Crippen molar-refractivity contribution in [2.75, 3.05) is 32.7 Å².